The first-order valence-electron chi connectivity index (χ1n) is 26.9. The number of amides is 8. The van der Waals surface area contributed by atoms with E-state index in [-0.39, 0.29) is 62.0 Å². The molecule has 0 aliphatic carbocycles. The Bertz CT molecular complexity index is 2430. The van der Waals surface area contributed by atoms with Crippen molar-refractivity contribution in [3.63, 3.8) is 0 Å². The smallest absolute Gasteiger partial charge is 0.408 e. The van der Waals surface area contributed by atoms with E-state index in [4.69, 9.17) is 14.2 Å². The Morgan fingerprint density at radius 2 is 1.00 bits per heavy atom. The number of benzene rings is 3. The molecule has 0 saturated carbocycles. The maximum Gasteiger partial charge on any atom is 0.408 e. The van der Waals surface area contributed by atoms with Gasteiger partial charge in [-0.05, 0) is 110 Å². The lowest BCUT2D eigenvalue weighted by atomic mass is 9.71. The fraction of sp³-hybridized carbons (Fsp3) is 0.552. The summed E-state index contributed by atoms with van der Waals surface area (Å²) in [6, 6.07) is 22.2. The van der Waals surface area contributed by atoms with E-state index in [0.717, 1.165) is 16.7 Å². The number of rotatable bonds is 23. The molecule has 2 fully saturated rings. The van der Waals surface area contributed by atoms with Gasteiger partial charge in [-0.15, -0.1) is 0 Å². The molecule has 5 rings (SSSR count). The highest BCUT2D eigenvalue weighted by atomic mass is 16.6. The van der Waals surface area contributed by atoms with Crippen LogP contribution in [0.25, 0.3) is 0 Å². The predicted molar refractivity (Wildman–Crippen MR) is 291 cm³/mol. The van der Waals surface area contributed by atoms with Gasteiger partial charge in [0.1, 0.15) is 48.0 Å². The van der Waals surface area contributed by atoms with Crippen LogP contribution in [0.4, 0.5) is 14.4 Å². The molecule has 3 aromatic carbocycles. The number of hydrogen-bond acceptors (Lipinski definition) is 11. The molecule has 2 aliphatic rings. The third-order valence-electron chi connectivity index (χ3n) is 13.2. The van der Waals surface area contributed by atoms with Gasteiger partial charge in [0.15, 0.2) is 0 Å². The van der Waals surface area contributed by atoms with Crippen LogP contribution in [-0.4, -0.2) is 132 Å². The molecule has 2 saturated heterocycles. The van der Waals surface area contributed by atoms with Crippen LogP contribution in [0.15, 0.2) is 91.0 Å². The third kappa shape index (κ3) is 20.7. The molecule has 5 atom stereocenters. The van der Waals surface area contributed by atoms with Gasteiger partial charge >= 0.3 is 18.3 Å². The lowest BCUT2D eigenvalue weighted by Gasteiger charge is -2.54. The first-order valence-corrected chi connectivity index (χ1v) is 26.9. The van der Waals surface area contributed by atoms with Crippen molar-refractivity contribution < 1.29 is 52.6 Å². The number of piperidine rings is 1. The van der Waals surface area contributed by atoms with Gasteiger partial charge in [0.2, 0.25) is 29.5 Å². The van der Waals surface area contributed by atoms with E-state index < -0.39 is 77.4 Å². The first-order chi connectivity index (χ1) is 36.4. The Balaban J connectivity index is 1.27. The normalized spacial score (nSPS) is 16.0. The Hall–Kier alpha value is -7.18. The van der Waals surface area contributed by atoms with Crippen molar-refractivity contribution in [2.24, 2.45) is 11.3 Å². The van der Waals surface area contributed by atoms with Crippen molar-refractivity contribution in [1.82, 2.24) is 41.7 Å². The summed E-state index contributed by atoms with van der Waals surface area (Å²) >= 11 is 0. The predicted octanol–water partition coefficient (Wildman–Crippen LogP) is 6.33. The van der Waals surface area contributed by atoms with Gasteiger partial charge in [0.05, 0.1) is 0 Å². The molecule has 0 unspecified atom stereocenters. The van der Waals surface area contributed by atoms with Crippen molar-refractivity contribution in [2.45, 2.75) is 162 Å². The average Bonchev–Trinajstić information content (AvgIpc) is 3.36. The molecule has 0 aromatic heterocycles. The zero-order chi connectivity index (χ0) is 56.3. The largest absolute Gasteiger partial charge is 0.445 e. The summed E-state index contributed by atoms with van der Waals surface area (Å²) in [6.07, 6.45) is 0.713. The Kier molecular flexibility index (Phi) is 22.3. The van der Waals surface area contributed by atoms with E-state index in [1.54, 1.807) is 58.3 Å². The minimum atomic E-state index is -1.19. The van der Waals surface area contributed by atoms with Crippen LogP contribution < -0.4 is 31.9 Å². The van der Waals surface area contributed by atoms with Crippen LogP contribution in [0, 0.1) is 11.3 Å². The number of hydrogen-bond donors (Lipinski definition) is 6. The van der Waals surface area contributed by atoms with Crippen molar-refractivity contribution in [3.05, 3.63) is 108 Å². The summed E-state index contributed by atoms with van der Waals surface area (Å²) < 4.78 is 16.2. The molecule has 3 aromatic rings. The van der Waals surface area contributed by atoms with Gasteiger partial charge in [-0.25, -0.2) is 14.4 Å². The number of unbranched alkanes of at least 4 members (excludes halogenated alkanes) is 1. The summed E-state index contributed by atoms with van der Waals surface area (Å²) in [5.41, 5.74) is 0.555. The lowest BCUT2D eigenvalue weighted by molar-refractivity contribution is -0.153. The molecule has 77 heavy (non-hydrogen) atoms. The summed E-state index contributed by atoms with van der Waals surface area (Å²) in [5, 5.41) is 16.8. The molecule has 6 N–H and O–H groups in total. The number of ether oxygens (including phenoxy) is 3. The number of likely N-dealkylation sites (tertiary alicyclic amines) is 2. The average molecular weight is 1070 g/mol. The first kappa shape index (κ1) is 60.7. The molecular weight excluding hydrogens is 985 g/mol. The Morgan fingerprint density at radius 3 is 1.52 bits per heavy atom. The molecule has 1 spiro atoms. The topological polar surface area (TPSA) is 243 Å². The summed E-state index contributed by atoms with van der Waals surface area (Å²) in [7, 11) is 0. The summed E-state index contributed by atoms with van der Waals surface area (Å²) in [4.78, 5) is 113. The molecule has 0 bridgehead atoms. The molecule has 19 nitrogen and oxygen atoms in total. The molecular formula is C58H82N8O11. The summed E-state index contributed by atoms with van der Waals surface area (Å²) in [5.74, 6) is -2.47. The van der Waals surface area contributed by atoms with E-state index >= 15 is 0 Å². The van der Waals surface area contributed by atoms with Crippen molar-refractivity contribution in [1.29, 1.82) is 0 Å². The lowest BCUT2D eigenvalue weighted by Crippen LogP contribution is -2.66. The fourth-order valence-corrected chi connectivity index (χ4v) is 9.26. The second kappa shape index (κ2) is 28.3. The molecule has 420 valence electrons. The van der Waals surface area contributed by atoms with Crippen LogP contribution >= 0.6 is 0 Å². The summed E-state index contributed by atoms with van der Waals surface area (Å²) in [6.45, 7) is 17.9. The molecule has 19 heteroatoms. The maximum atomic E-state index is 14.5. The minimum Gasteiger partial charge on any atom is -0.445 e. The molecule has 2 heterocycles. The van der Waals surface area contributed by atoms with Gasteiger partial charge in [-0.3, -0.25) is 24.0 Å². The zero-order valence-corrected chi connectivity index (χ0v) is 46.4. The van der Waals surface area contributed by atoms with Crippen molar-refractivity contribution >= 4 is 47.8 Å². The number of carbonyl (C=O) groups excluding carboxylic acids is 8. The van der Waals surface area contributed by atoms with Crippen molar-refractivity contribution in [3.8, 4) is 0 Å². The Labute approximate surface area is 454 Å². The van der Waals surface area contributed by atoms with Crippen LogP contribution in [0.1, 0.15) is 118 Å². The van der Waals surface area contributed by atoms with Crippen LogP contribution in [-0.2, 0) is 57.6 Å². The maximum absolute atomic E-state index is 14.5. The van der Waals surface area contributed by atoms with E-state index in [1.165, 1.54) is 0 Å². The van der Waals surface area contributed by atoms with Gasteiger partial charge in [0, 0.05) is 51.0 Å². The van der Waals surface area contributed by atoms with Gasteiger partial charge < -0.3 is 55.9 Å². The van der Waals surface area contributed by atoms with Gasteiger partial charge in [0.25, 0.3) is 0 Å². The van der Waals surface area contributed by atoms with Crippen molar-refractivity contribution in [2.75, 3.05) is 32.7 Å². The zero-order valence-electron chi connectivity index (χ0n) is 46.4. The Morgan fingerprint density at radius 1 is 0.532 bits per heavy atom. The van der Waals surface area contributed by atoms with Crippen LogP contribution in [0.2, 0.25) is 0 Å². The second-order valence-corrected chi connectivity index (χ2v) is 22.8. The fourth-order valence-electron chi connectivity index (χ4n) is 9.26. The number of carbonyl (C=O) groups is 8. The van der Waals surface area contributed by atoms with Crippen LogP contribution in [0.5, 0.6) is 0 Å². The van der Waals surface area contributed by atoms with E-state index in [0.29, 0.717) is 51.9 Å². The molecule has 8 amide bonds. The van der Waals surface area contributed by atoms with E-state index in [9.17, 15) is 38.4 Å². The highest BCUT2D eigenvalue weighted by Gasteiger charge is 2.49. The third-order valence-corrected chi connectivity index (χ3v) is 13.2. The van der Waals surface area contributed by atoms with E-state index in [2.05, 4.69) is 31.9 Å². The monoisotopic (exact) mass is 1070 g/mol. The molecule has 0 radical (unpaired) electrons. The number of nitrogens with zero attached hydrogens (tertiary/aromatic N) is 2. The number of nitrogens with one attached hydrogen (secondary N) is 6. The second-order valence-electron chi connectivity index (χ2n) is 22.8. The highest BCUT2D eigenvalue weighted by Crippen LogP contribution is 2.41. The van der Waals surface area contributed by atoms with E-state index in [1.807, 2.05) is 105 Å². The SMILES string of the molecule is CC(C)C[C@@H](NC(=O)[C@@H](Cc1ccccc1)NC(=O)[C@@H](Cc1ccccc1)NC(=O)OC(C)(C)C)C(=O)N[C@H](CCCCNC(=O)OC(C)(C)C)C(=O)N1CC2(CCN(C(=O)[C@@H](C)NC(=O)OCc3ccccc3)CC2)C1. The van der Waals surface area contributed by atoms with Gasteiger partial charge in [-0.2, -0.15) is 0 Å². The quantitative estimate of drug-likeness (QED) is 0.0453. The molecule has 2 aliphatic heterocycles. The standard InChI is InChI=1S/C58H82N8O11/c1-39(2)33-45(62-49(68)46(34-41-21-13-10-14-22-41)63-50(69)47(35-42-23-15-11-16-24-42)64-55(74)77-57(7,8)9)48(67)61-44(27-19-20-30-59-53(72)76-56(4,5)6)52(71)66-37-58(38-66)28-31-65(32-29-58)51(70)40(3)60-54(73)75-36-43-25-17-12-18-26-43/h10-18,21-26,39-40,44-47H,19-20,27-38H2,1-9H3,(H,59,72)(H,60,73)(H,61,67)(H,62,68)(H,63,69)(H,64,74)/t40-,44-,45-,46-,47-/m1/s1. The number of alkyl carbamates (subject to hydrolysis) is 3. The van der Waals surface area contributed by atoms with Crippen LogP contribution in [0.3, 0.4) is 0 Å². The minimum absolute atomic E-state index is 0.0553. The van der Waals surface area contributed by atoms with Gasteiger partial charge in [-0.1, -0.05) is 105 Å². The highest BCUT2D eigenvalue weighted by molar-refractivity contribution is 5.95.